The van der Waals surface area contributed by atoms with E-state index in [4.69, 9.17) is 0 Å². The summed E-state index contributed by atoms with van der Waals surface area (Å²) in [6, 6.07) is 0. The molecule has 0 aliphatic carbocycles. The molecule has 0 amide bonds. The van der Waals surface area contributed by atoms with Crippen LogP contribution in [0.2, 0.25) is 0 Å². The van der Waals surface area contributed by atoms with Crippen molar-refractivity contribution in [3.8, 4) is 0 Å². The van der Waals surface area contributed by atoms with Crippen LogP contribution >= 0.6 is 0 Å². The van der Waals surface area contributed by atoms with Gasteiger partial charge in [-0.3, -0.25) is 4.90 Å². The van der Waals surface area contributed by atoms with Gasteiger partial charge in [-0.25, -0.2) is 0 Å². The molecule has 0 spiro atoms. The number of halogens is 3. The highest BCUT2D eigenvalue weighted by Gasteiger charge is 2.38. The summed E-state index contributed by atoms with van der Waals surface area (Å²) in [6.07, 6.45) is -4.49. The molecule has 2 nitrogen and oxygen atoms in total. The van der Waals surface area contributed by atoms with Crippen molar-refractivity contribution in [2.24, 2.45) is 5.92 Å². The summed E-state index contributed by atoms with van der Waals surface area (Å²) in [5.74, 6) is -0.0488. The largest absolute Gasteiger partial charge is 0.401 e. The van der Waals surface area contributed by atoms with Gasteiger partial charge in [0.1, 0.15) is 6.23 Å². The van der Waals surface area contributed by atoms with Crippen molar-refractivity contribution in [1.82, 2.24) is 4.90 Å². The summed E-state index contributed by atoms with van der Waals surface area (Å²) in [6.45, 7) is 1.08. The molecule has 2 unspecified atom stereocenters. The van der Waals surface area contributed by atoms with Crippen LogP contribution in [0.5, 0.6) is 0 Å². The van der Waals surface area contributed by atoms with Crippen LogP contribution in [-0.2, 0) is 0 Å². The molecule has 1 fully saturated rings. The number of hydrogen-bond donors (Lipinski definition) is 1. The lowest BCUT2D eigenvalue weighted by atomic mass is 10.1. The third kappa shape index (κ3) is 2.35. The van der Waals surface area contributed by atoms with Gasteiger partial charge in [-0.15, -0.1) is 0 Å². The van der Waals surface area contributed by atoms with E-state index in [0.717, 1.165) is 4.90 Å². The van der Waals surface area contributed by atoms with E-state index >= 15 is 0 Å². The Labute approximate surface area is 69.0 Å². The fraction of sp³-hybridized carbons (Fsp3) is 1.00. The summed E-state index contributed by atoms with van der Waals surface area (Å²) >= 11 is 0. The standard InChI is InChI=1S/C7H12F3NO/c1-5-2-3-11(6(5)12)4-7(8,9)10/h5-6,12H,2-4H2,1H3. The van der Waals surface area contributed by atoms with Crippen molar-refractivity contribution in [3.63, 3.8) is 0 Å². The molecule has 0 aromatic rings. The zero-order valence-corrected chi connectivity index (χ0v) is 6.80. The normalized spacial score (nSPS) is 32.8. The molecule has 0 bridgehead atoms. The van der Waals surface area contributed by atoms with Gasteiger partial charge in [-0.05, 0) is 12.3 Å². The predicted octanol–water partition coefficient (Wildman–Crippen LogP) is 1.21. The molecule has 0 aromatic carbocycles. The summed E-state index contributed by atoms with van der Waals surface area (Å²) in [7, 11) is 0. The average Bonchev–Trinajstić information content (AvgIpc) is 2.16. The van der Waals surface area contributed by atoms with Crippen LogP contribution in [0.3, 0.4) is 0 Å². The number of alkyl halides is 3. The number of nitrogens with zero attached hydrogens (tertiary/aromatic N) is 1. The van der Waals surface area contributed by atoms with Crippen molar-refractivity contribution >= 4 is 0 Å². The molecule has 1 aliphatic heterocycles. The first kappa shape index (κ1) is 9.80. The van der Waals surface area contributed by atoms with Crippen LogP contribution in [0, 0.1) is 5.92 Å². The van der Waals surface area contributed by atoms with Gasteiger partial charge in [-0.2, -0.15) is 13.2 Å². The highest BCUT2D eigenvalue weighted by molar-refractivity contribution is 4.78. The summed E-state index contributed by atoms with van der Waals surface area (Å²) < 4.78 is 35.6. The Hall–Kier alpha value is -0.290. The van der Waals surface area contributed by atoms with Crippen LogP contribution in [0.15, 0.2) is 0 Å². The summed E-state index contributed by atoms with van der Waals surface area (Å²) in [5.41, 5.74) is 0. The van der Waals surface area contributed by atoms with Crippen molar-refractivity contribution < 1.29 is 18.3 Å². The van der Waals surface area contributed by atoms with Crippen molar-refractivity contribution in [2.75, 3.05) is 13.1 Å². The Morgan fingerprint density at radius 3 is 2.42 bits per heavy atom. The SMILES string of the molecule is CC1CCN(CC(F)(F)F)C1O. The van der Waals surface area contributed by atoms with Gasteiger partial charge in [0.15, 0.2) is 0 Å². The molecule has 72 valence electrons. The van der Waals surface area contributed by atoms with Gasteiger partial charge >= 0.3 is 6.18 Å². The third-order valence-corrected chi connectivity index (χ3v) is 2.14. The number of rotatable bonds is 1. The van der Waals surface area contributed by atoms with E-state index in [-0.39, 0.29) is 5.92 Å². The molecule has 12 heavy (non-hydrogen) atoms. The van der Waals surface area contributed by atoms with Gasteiger partial charge < -0.3 is 5.11 Å². The molecule has 0 aromatic heterocycles. The van der Waals surface area contributed by atoms with Gasteiger partial charge in [0.2, 0.25) is 0 Å². The molecule has 0 radical (unpaired) electrons. The van der Waals surface area contributed by atoms with E-state index in [1.165, 1.54) is 0 Å². The topological polar surface area (TPSA) is 23.5 Å². The minimum Gasteiger partial charge on any atom is -0.378 e. The highest BCUT2D eigenvalue weighted by Crippen LogP contribution is 2.26. The van der Waals surface area contributed by atoms with E-state index in [1.54, 1.807) is 6.92 Å². The first-order valence-electron chi connectivity index (χ1n) is 3.89. The summed E-state index contributed by atoms with van der Waals surface area (Å²) in [5, 5.41) is 9.25. The fourth-order valence-corrected chi connectivity index (χ4v) is 1.41. The molecule has 1 N–H and O–H groups in total. The zero-order chi connectivity index (χ0) is 9.35. The molecule has 5 heteroatoms. The van der Waals surface area contributed by atoms with Crippen molar-refractivity contribution in [1.29, 1.82) is 0 Å². The quantitative estimate of drug-likeness (QED) is 0.660. The van der Waals surface area contributed by atoms with Gasteiger partial charge in [0.25, 0.3) is 0 Å². The molecule has 1 aliphatic rings. The summed E-state index contributed by atoms with van der Waals surface area (Å²) in [4.78, 5) is 1.06. The second-order valence-electron chi connectivity index (χ2n) is 3.27. The number of aliphatic hydroxyl groups is 1. The van der Waals surface area contributed by atoms with Crippen LogP contribution < -0.4 is 0 Å². The molecular formula is C7H12F3NO. The number of hydrogen-bond acceptors (Lipinski definition) is 2. The van der Waals surface area contributed by atoms with E-state index < -0.39 is 18.9 Å². The maximum atomic E-state index is 11.9. The van der Waals surface area contributed by atoms with Crippen molar-refractivity contribution in [2.45, 2.75) is 25.7 Å². The predicted molar refractivity (Wildman–Crippen MR) is 37.4 cm³/mol. The van der Waals surface area contributed by atoms with Gasteiger partial charge in [0.05, 0.1) is 6.54 Å². The minimum absolute atomic E-state index is 0.0488. The zero-order valence-electron chi connectivity index (χ0n) is 6.80. The smallest absolute Gasteiger partial charge is 0.378 e. The number of aliphatic hydroxyl groups excluding tert-OH is 1. The minimum atomic E-state index is -4.20. The lowest BCUT2D eigenvalue weighted by Crippen LogP contribution is -2.39. The lowest BCUT2D eigenvalue weighted by molar-refractivity contribution is -0.162. The second kappa shape index (κ2) is 3.22. The lowest BCUT2D eigenvalue weighted by Gasteiger charge is -2.22. The Morgan fingerprint density at radius 1 is 1.50 bits per heavy atom. The van der Waals surface area contributed by atoms with Gasteiger partial charge in [-0.1, -0.05) is 6.92 Å². The Balaban J connectivity index is 2.44. The first-order chi connectivity index (χ1) is 5.40. The second-order valence-corrected chi connectivity index (χ2v) is 3.27. The van der Waals surface area contributed by atoms with Gasteiger partial charge in [0, 0.05) is 6.54 Å². The Morgan fingerprint density at radius 2 is 2.08 bits per heavy atom. The van der Waals surface area contributed by atoms with Crippen LogP contribution in [-0.4, -0.2) is 35.5 Å². The highest BCUT2D eigenvalue weighted by atomic mass is 19.4. The molecule has 1 heterocycles. The van der Waals surface area contributed by atoms with Crippen LogP contribution in [0.4, 0.5) is 13.2 Å². The van der Waals surface area contributed by atoms with E-state index in [0.29, 0.717) is 13.0 Å². The van der Waals surface area contributed by atoms with Crippen molar-refractivity contribution in [3.05, 3.63) is 0 Å². The number of likely N-dealkylation sites (tertiary alicyclic amines) is 1. The fourth-order valence-electron chi connectivity index (χ4n) is 1.41. The molecular weight excluding hydrogens is 171 g/mol. The monoisotopic (exact) mass is 183 g/mol. The molecule has 1 saturated heterocycles. The van der Waals surface area contributed by atoms with E-state index in [2.05, 4.69) is 0 Å². The van der Waals surface area contributed by atoms with E-state index in [9.17, 15) is 18.3 Å². The average molecular weight is 183 g/mol. The van der Waals surface area contributed by atoms with E-state index in [1.807, 2.05) is 0 Å². The molecule has 0 saturated carbocycles. The van der Waals surface area contributed by atoms with Crippen LogP contribution in [0.25, 0.3) is 0 Å². The van der Waals surface area contributed by atoms with Crippen LogP contribution in [0.1, 0.15) is 13.3 Å². The maximum Gasteiger partial charge on any atom is 0.401 e. The molecule has 1 rings (SSSR count). The third-order valence-electron chi connectivity index (χ3n) is 2.14. The Kier molecular flexibility index (Phi) is 2.63. The first-order valence-corrected chi connectivity index (χ1v) is 3.89. The Bertz CT molecular complexity index is 159. The molecule has 2 atom stereocenters. The maximum absolute atomic E-state index is 11.9.